The van der Waals surface area contributed by atoms with Gasteiger partial charge < -0.3 is 25.0 Å². The van der Waals surface area contributed by atoms with Gasteiger partial charge in [-0.1, -0.05) is 5.16 Å². The van der Waals surface area contributed by atoms with Gasteiger partial charge in [0.25, 0.3) is 0 Å². The van der Waals surface area contributed by atoms with E-state index >= 15 is 0 Å². The maximum atomic E-state index is 11.5. The van der Waals surface area contributed by atoms with Crippen molar-refractivity contribution in [3.8, 4) is 0 Å². The molecule has 10 nitrogen and oxygen atoms in total. The molecule has 1 aromatic rings. The number of hydrogen-bond donors (Lipinski definition) is 3. The molecule has 0 aliphatic carbocycles. The van der Waals surface area contributed by atoms with Crippen LogP contribution >= 0.6 is 0 Å². The lowest BCUT2D eigenvalue weighted by molar-refractivity contribution is -0.142. The Morgan fingerprint density at radius 3 is 2.81 bits per heavy atom. The molecule has 0 saturated heterocycles. The van der Waals surface area contributed by atoms with Gasteiger partial charge in [0.1, 0.15) is 6.04 Å². The molecule has 1 aromatic heterocycles. The smallest absolute Gasteiger partial charge is 0.326 e. The van der Waals surface area contributed by atoms with E-state index in [1.807, 2.05) is 0 Å². The fourth-order valence-corrected chi connectivity index (χ4v) is 1.42. The summed E-state index contributed by atoms with van der Waals surface area (Å²) in [6.45, 7) is 0.206. The molecule has 1 rings (SSSR count). The zero-order valence-corrected chi connectivity index (χ0v) is 11.4. The first-order chi connectivity index (χ1) is 10.0. The van der Waals surface area contributed by atoms with Crippen molar-refractivity contribution in [1.82, 2.24) is 20.8 Å². The van der Waals surface area contributed by atoms with Crippen molar-refractivity contribution in [2.75, 3.05) is 13.7 Å². The van der Waals surface area contributed by atoms with E-state index in [1.165, 1.54) is 13.4 Å². The number of esters is 1. The number of aliphatic carboxylic acids is 1. The van der Waals surface area contributed by atoms with E-state index in [1.54, 1.807) is 0 Å². The van der Waals surface area contributed by atoms with E-state index in [0.29, 0.717) is 12.3 Å². The average Bonchev–Trinajstić information content (AvgIpc) is 2.95. The molecule has 1 atom stereocenters. The second kappa shape index (κ2) is 8.51. The lowest BCUT2D eigenvalue weighted by atomic mass is 10.1. The maximum absolute atomic E-state index is 11.5. The number of amides is 2. The molecule has 2 amide bonds. The molecular formula is C11H16N4O6. The van der Waals surface area contributed by atoms with Gasteiger partial charge in [-0.25, -0.2) is 9.59 Å². The molecule has 0 aliphatic rings. The Kier molecular flexibility index (Phi) is 6.65. The number of methoxy groups -OCH3 is 1. The molecule has 116 valence electrons. The minimum absolute atomic E-state index is 0.0565. The van der Waals surface area contributed by atoms with E-state index in [-0.39, 0.29) is 19.4 Å². The van der Waals surface area contributed by atoms with Crippen LogP contribution in [0.15, 0.2) is 10.9 Å². The minimum atomic E-state index is -1.23. The van der Waals surface area contributed by atoms with Crippen LogP contribution in [0.25, 0.3) is 0 Å². The number of nitrogens with zero attached hydrogens (tertiary/aromatic N) is 2. The molecule has 0 bridgehead atoms. The number of carboxylic acid groups (broad SMARTS) is 1. The first kappa shape index (κ1) is 16.4. The molecule has 21 heavy (non-hydrogen) atoms. The monoisotopic (exact) mass is 300 g/mol. The second-order valence-corrected chi connectivity index (χ2v) is 3.99. The van der Waals surface area contributed by atoms with E-state index in [2.05, 4.69) is 25.5 Å². The van der Waals surface area contributed by atoms with Crippen LogP contribution in [0.2, 0.25) is 0 Å². The molecule has 0 saturated carbocycles. The summed E-state index contributed by atoms with van der Waals surface area (Å²) in [7, 11) is 1.20. The van der Waals surface area contributed by atoms with Gasteiger partial charge in [-0.3, -0.25) is 4.79 Å². The SMILES string of the molecule is COC(=O)CC[C@H](NC(=O)NCCc1ncno1)C(=O)O. The lowest BCUT2D eigenvalue weighted by Crippen LogP contribution is -2.46. The van der Waals surface area contributed by atoms with Gasteiger partial charge in [0.15, 0.2) is 6.33 Å². The number of carbonyl (C=O) groups excluding carboxylic acids is 2. The summed E-state index contributed by atoms with van der Waals surface area (Å²) in [5.74, 6) is -1.42. The number of carbonyl (C=O) groups is 3. The molecule has 3 N–H and O–H groups in total. The molecular weight excluding hydrogens is 284 g/mol. The highest BCUT2D eigenvalue weighted by Crippen LogP contribution is 1.99. The van der Waals surface area contributed by atoms with Crippen molar-refractivity contribution in [2.45, 2.75) is 25.3 Å². The molecule has 0 unspecified atom stereocenters. The number of ether oxygens (including phenoxy) is 1. The Morgan fingerprint density at radius 1 is 1.48 bits per heavy atom. The van der Waals surface area contributed by atoms with Crippen LogP contribution < -0.4 is 10.6 Å². The zero-order valence-electron chi connectivity index (χ0n) is 11.4. The molecule has 1 heterocycles. The highest BCUT2D eigenvalue weighted by atomic mass is 16.5. The van der Waals surface area contributed by atoms with Crippen molar-refractivity contribution in [1.29, 1.82) is 0 Å². The highest BCUT2D eigenvalue weighted by molar-refractivity contribution is 5.83. The van der Waals surface area contributed by atoms with Gasteiger partial charge in [0.2, 0.25) is 5.89 Å². The maximum Gasteiger partial charge on any atom is 0.326 e. The van der Waals surface area contributed by atoms with E-state index in [9.17, 15) is 14.4 Å². The van der Waals surface area contributed by atoms with E-state index in [0.717, 1.165) is 0 Å². The number of hydrogen-bond acceptors (Lipinski definition) is 7. The van der Waals surface area contributed by atoms with Crippen molar-refractivity contribution >= 4 is 18.0 Å². The van der Waals surface area contributed by atoms with Gasteiger partial charge in [0, 0.05) is 19.4 Å². The van der Waals surface area contributed by atoms with Gasteiger partial charge in [-0.05, 0) is 6.42 Å². The topological polar surface area (TPSA) is 144 Å². The predicted octanol–water partition coefficient (Wildman–Crippen LogP) is -0.682. The number of urea groups is 1. The van der Waals surface area contributed by atoms with Crippen molar-refractivity contribution in [3.05, 3.63) is 12.2 Å². The Labute approximate surface area is 119 Å². The first-order valence-corrected chi connectivity index (χ1v) is 6.12. The van der Waals surface area contributed by atoms with Crippen LogP contribution in [0.5, 0.6) is 0 Å². The number of carboxylic acids is 1. The number of rotatable bonds is 8. The quantitative estimate of drug-likeness (QED) is 0.535. The van der Waals surface area contributed by atoms with E-state index in [4.69, 9.17) is 9.63 Å². The summed E-state index contributed by atoms with van der Waals surface area (Å²) in [6.07, 6.45) is 1.41. The fourth-order valence-electron chi connectivity index (χ4n) is 1.42. The van der Waals surface area contributed by atoms with Crippen molar-refractivity contribution in [2.24, 2.45) is 0 Å². The molecule has 0 spiro atoms. The van der Waals surface area contributed by atoms with Gasteiger partial charge in [0.05, 0.1) is 7.11 Å². The van der Waals surface area contributed by atoms with Crippen molar-refractivity contribution in [3.63, 3.8) is 0 Å². The average molecular weight is 300 g/mol. The van der Waals surface area contributed by atoms with Crippen LogP contribution in [-0.4, -0.2) is 52.9 Å². The Balaban J connectivity index is 2.31. The minimum Gasteiger partial charge on any atom is -0.480 e. The van der Waals surface area contributed by atoms with Crippen LogP contribution in [0.3, 0.4) is 0 Å². The lowest BCUT2D eigenvalue weighted by Gasteiger charge is -2.14. The highest BCUT2D eigenvalue weighted by Gasteiger charge is 2.21. The van der Waals surface area contributed by atoms with Crippen LogP contribution in [-0.2, 0) is 20.7 Å². The Bertz CT molecular complexity index is 475. The third kappa shape index (κ3) is 6.36. The van der Waals surface area contributed by atoms with Crippen molar-refractivity contribution < 1.29 is 28.8 Å². The van der Waals surface area contributed by atoms with Crippen LogP contribution in [0.1, 0.15) is 18.7 Å². The molecule has 0 aromatic carbocycles. The third-order valence-corrected chi connectivity index (χ3v) is 2.50. The zero-order chi connectivity index (χ0) is 15.7. The Hall–Kier alpha value is -2.65. The molecule has 10 heteroatoms. The van der Waals surface area contributed by atoms with E-state index < -0.39 is 24.0 Å². The fraction of sp³-hybridized carbons (Fsp3) is 0.545. The summed E-state index contributed by atoms with van der Waals surface area (Å²) in [4.78, 5) is 37.2. The normalized spacial score (nSPS) is 11.5. The van der Waals surface area contributed by atoms with Gasteiger partial charge in [-0.15, -0.1) is 0 Å². The standard InChI is InChI=1S/C11H16N4O6/c1-20-9(16)3-2-7(10(17)18)15-11(19)12-5-4-8-13-6-14-21-8/h6-7H,2-5H2,1H3,(H,17,18)(H2,12,15,19)/t7-/m0/s1. The van der Waals surface area contributed by atoms with Gasteiger partial charge in [-0.2, -0.15) is 4.98 Å². The largest absolute Gasteiger partial charge is 0.480 e. The van der Waals surface area contributed by atoms with Crippen LogP contribution in [0, 0.1) is 0 Å². The predicted molar refractivity (Wildman–Crippen MR) is 67.2 cm³/mol. The summed E-state index contributed by atoms with van der Waals surface area (Å²) in [6, 6.07) is -1.83. The summed E-state index contributed by atoms with van der Waals surface area (Å²) in [5.41, 5.74) is 0. The Morgan fingerprint density at radius 2 is 2.24 bits per heavy atom. The summed E-state index contributed by atoms with van der Waals surface area (Å²) >= 11 is 0. The number of aromatic nitrogens is 2. The first-order valence-electron chi connectivity index (χ1n) is 6.12. The summed E-state index contributed by atoms with van der Waals surface area (Å²) in [5, 5.41) is 17.1. The molecule has 0 radical (unpaired) electrons. The molecule has 0 fully saturated rings. The third-order valence-electron chi connectivity index (χ3n) is 2.50. The second-order valence-electron chi connectivity index (χ2n) is 3.99. The van der Waals surface area contributed by atoms with Crippen LogP contribution in [0.4, 0.5) is 4.79 Å². The number of nitrogens with one attached hydrogen (secondary N) is 2. The van der Waals surface area contributed by atoms with Gasteiger partial charge >= 0.3 is 18.0 Å². The molecule has 0 aliphatic heterocycles. The summed E-state index contributed by atoms with van der Waals surface area (Å²) < 4.78 is 9.14.